The van der Waals surface area contributed by atoms with Crippen molar-refractivity contribution in [1.29, 1.82) is 5.26 Å². The summed E-state index contributed by atoms with van der Waals surface area (Å²) in [5.74, 6) is 1.94. The normalized spacial score (nSPS) is 16.4. The van der Waals surface area contributed by atoms with Crippen molar-refractivity contribution in [3.05, 3.63) is 40.0 Å². The van der Waals surface area contributed by atoms with Gasteiger partial charge in [-0.2, -0.15) is 0 Å². The van der Waals surface area contributed by atoms with Gasteiger partial charge in [-0.1, -0.05) is 11.5 Å². The van der Waals surface area contributed by atoms with E-state index < -0.39 is 17.6 Å². The van der Waals surface area contributed by atoms with Crippen molar-refractivity contribution in [2.45, 2.75) is 25.8 Å². The van der Waals surface area contributed by atoms with Crippen LogP contribution in [0.1, 0.15) is 18.9 Å². The number of nitro groups is 1. The molecule has 0 aromatic heterocycles. The molecule has 9 heteroatoms. The molecule has 0 aliphatic carbocycles. The molecule has 0 amide bonds. The van der Waals surface area contributed by atoms with Gasteiger partial charge < -0.3 is 14.2 Å². The molecule has 1 aliphatic heterocycles. The third-order valence-electron chi connectivity index (χ3n) is 4.08. The van der Waals surface area contributed by atoms with Gasteiger partial charge in [0.15, 0.2) is 5.75 Å². The van der Waals surface area contributed by atoms with Gasteiger partial charge in [0.1, 0.15) is 6.61 Å². The van der Waals surface area contributed by atoms with Gasteiger partial charge in [-0.05, 0) is 37.4 Å². The van der Waals surface area contributed by atoms with E-state index in [1.165, 1.54) is 13.2 Å². The van der Waals surface area contributed by atoms with Gasteiger partial charge in [-0.15, -0.1) is 0 Å². The van der Waals surface area contributed by atoms with Crippen LogP contribution < -0.4 is 4.74 Å². The van der Waals surface area contributed by atoms with Crippen LogP contribution in [0.2, 0.25) is 6.32 Å². The zero-order valence-corrected chi connectivity index (χ0v) is 14.6. The molecule has 0 radical (unpaired) electrons. The van der Waals surface area contributed by atoms with Crippen LogP contribution in [0.3, 0.4) is 0 Å². The average Bonchev–Trinajstić information content (AvgIpc) is 2.65. The molecule has 0 saturated carbocycles. The van der Waals surface area contributed by atoms with E-state index in [0.717, 1.165) is 5.47 Å². The van der Waals surface area contributed by atoms with Crippen LogP contribution in [-0.2, 0) is 14.3 Å². The van der Waals surface area contributed by atoms with Gasteiger partial charge in [0, 0.05) is 12.0 Å². The van der Waals surface area contributed by atoms with Crippen LogP contribution in [-0.4, -0.2) is 44.0 Å². The summed E-state index contributed by atoms with van der Waals surface area (Å²) in [6.07, 6.45) is 2.58. The predicted octanol–water partition coefficient (Wildman–Crippen LogP) is 2.44. The molecule has 0 fully saturated rings. The van der Waals surface area contributed by atoms with E-state index >= 15 is 0 Å². The summed E-state index contributed by atoms with van der Waals surface area (Å²) in [6, 6.07) is 4.54. The second-order valence-electron chi connectivity index (χ2n) is 5.69. The number of hydrogen-bond acceptors (Lipinski definition) is 7. The molecule has 1 aromatic carbocycles. The molecular formula is C17H19BN2O6. The molecule has 1 atom stereocenters. The number of nitrogens with zero attached hydrogens (tertiary/aromatic N) is 2. The first-order valence-electron chi connectivity index (χ1n) is 8.19. The quantitative estimate of drug-likeness (QED) is 0.318. The van der Waals surface area contributed by atoms with E-state index in [1.54, 1.807) is 19.1 Å². The van der Waals surface area contributed by atoms with E-state index in [0.29, 0.717) is 24.9 Å². The predicted molar refractivity (Wildman–Crippen MR) is 94.8 cm³/mol. The average molecular weight is 358 g/mol. The van der Waals surface area contributed by atoms with Crippen LogP contribution in [0.5, 0.6) is 5.75 Å². The molecule has 0 N–H and O–H groups in total. The lowest BCUT2D eigenvalue weighted by Crippen LogP contribution is -2.29. The Morgan fingerprint density at radius 2 is 2.27 bits per heavy atom. The van der Waals surface area contributed by atoms with Crippen LogP contribution in [0.25, 0.3) is 5.47 Å². The Kier molecular flexibility index (Phi) is 6.75. The fraction of sp³-hybridized carbons (Fsp3) is 0.412. The molecule has 1 unspecified atom stereocenters. The summed E-state index contributed by atoms with van der Waals surface area (Å²) in [7, 11) is 1.36. The largest absolute Gasteiger partial charge is 0.490 e. The summed E-state index contributed by atoms with van der Waals surface area (Å²) in [5.41, 5.74) is 1.34. The second kappa shape index (κ2) is 9.01. The summed E-state index contributed by atoms with van der Waals surface area (Å²) < 4.78 is 15.4. The Balaban J connectivity index is 2.16. The number of benzene rings is 1. The van der Waals surface area contributed by atoms with Crippen molar-refractivity contribution >= 4 is 23.8 Å². The maximum absolute atomic E-state index is 11.4. The summed E-state index contributed by atoms with van der Waals surface area (Å²) in [6.45, 7) is 1.42. The highest BCUT2D eigenvalue weighted by molar-refractivity contribution is 6.85. The lowest BCUT2D eigenvalue weighted by molar-refractivity contribution is -0.385. The third kappa shape index (κ3) is 4.61. The number of methoxy groups -OCH3 is 1. The zero-order valence-electron chi connectivity index (χ0n) is 14.6. The van der Waals surface area contributed by atoms with Gasteiger partial charge >= 0.3 is 18.4 Å². The molecule has 1 aromatic rings. The summed E-state index contributed by atoms with van der Waals surface area (Å²) in [4.78, 5) is 21.9. The highest BCUT2D eigenvalue weighted by atomic mass is 16.6. The monoisotopic (exact) mass is 358 g/mol. The van der Waals surface area contributed by atoms with Gasteiger partial charge in [0.25, 0.3) is 0 Å². The van der Waals surface area contributed by atoms with Gasteiger partial charge in [-0.3, -0.25) is 10.1 Å². The lowest BCUT2D eigenvalue weighted by Gasteiger charge is -2.24. The Morgan fingerprint density at radius 1 is 1.50 bits per heavy atom. The first-order valence-corrected chi connectivity index (χ1v) is 8.19. The van der Waals surface area contributed by atoms with Gasteiger partial charge in [0.05, 0.1) is 24.7 Å². The van der Waals surface area contributed by atoms with Crippen molar-refractivity contribution in [2.24, 2.45) is 0 Å². The fourth-order valence-electron chi connectivity index (χ4n) is 2.86. The summed E-state index contributed by atoms with van der Waals surface area (Å²) in [5, 5.41) is 20.5. The standard InChI is InChI=1S/C17H19BN2O6/c1-3-25-17(21)10-26-13-5-6-14(18(9-13)11-19)12-4-7-15(20(22)23)16(8-12)24-2/h4,6-8,13H,3,5,9-10H2,1-2H3. The van der Waals surface area contributed by atoms with Crippen molar-refractivity contribution in [3.63, 3.8) is 0 Å². The van der Waals surface area contributed by atoms with Crippen molar-refractivity contribution in [2.75, 3.05) is 20.3 Å². The Labute approximate surface area is 151 Å². The lowest BCUT2D eigenvalue weighted by atomic mass is 9.39. The van der Waals surface area contributed by atoms with Crippen molar-refractivity contribution in [3.8, 4) is 11.7 Å². The van der Waals surface area contributed by atoms with Gasteiger partial charge in [-0.25, -0.2) is 10.1 Å². The minimum absolute atomic E-state index is 0.128. The van der Waals surface area contributed by atoms with Crippen LogP contribution in [0.4, 0.5) is 5.69 Å². The zero-order chi connectivity index (χ0) is 19.1. The Morgan fingerprint density at radius 3 is 2.88 bits per heavy atom. The van der Waals surface area contributed by atoms with E-state index in [1.807, 2.05) is 6.08 Å². The van der Waals surface area contributed by atoms with Crippen LogP contribution >= 0.6 is 0 Å². The highest BCUT2D eigenvalue weighted by Gasteiger charge is 2.31. The molecule has 26 heavy (non-hydrogen) atoms. The third-order valence-corrected chi connectivity index (χ3v) is 4.08. The maximum Gasteiger partial charge on any atom is 0.332 e. The van der Waals surface area contributed by atoms with Crippen molar-refractivity contribution < 1.29 is 23.9 Å². The minimum Gasteiger partial charge on any atom is -0.490 e. The SMILES string of the molecule is CCOC(=O)COC1CC=C(c2ccc([N+](=O)[O-])c(OC)c2)B(C#N)C1. The number of esters is 1. The number of ether oxygens (including phenoxy) is 3. The van der Waals surface area contributed by atoms with Crippen LogP contribution in [0, 0.1) is 21.3 Å². The Bertz CT molecular complexity index is 758. The minimum atomic E-state index is -0.515. The fourth-order valence-corrected chi connectivity index (χ4v) is 2.86. The molecule has 0 saturated heterocycles. The van der Waals surface area contributed by atoms with E-state index in [4.69, 9.17) is 14.2 Å². The second-order valence-corrected chi connectivity index (χ2v) is 5.69. The van der Waals surface area contributed by atoms with Crippen LogP contribution in [0.15, 0.2) is 24.3 Å². The smallest absolute Gasteiger partial charge is 0.332 e. The molecular weight excluding hydrogens is 339 g/mol. The van der Waals surface area contributed by atoms with E-state index in [2.05, 4.69) is 5.97 Å². The van der Waals surface area contributed by atoms with Gasteiger partial charge in [0.2, 0.25) is 0 Å². The molecule has 2 rings (SSSR count). The van der Waals surface area contributed by atoms with Crippen molar-refractivity contribution in [1.82, 2.24) is 0 Å². The molecule has 1 heterocycles. The maximum atomic E-state index is 11.4. The molecule has 0 bridgehead atoms. The molecule has 8 nitrogen and oxygen atoms in total. The number of carbonyl (C=O) groups is 1. The number of carbonyl (C=O) groups excluding carboxylic acids is 1. The molecule has 136 valence electrons. The summed E-state index contributed by atoms with van der Waals surface area (Å²) >= 11 is 0. The Hall–Kier alpha value is -2.86. The first-order chi connectivity index (χ1) is 12.5. The number of rotatable bonds is 7. The number of hydrogen-bond donors (Lipinski definition) is 0. The highest BCUT2D eigenvalue weighted by Crippen LogP contribution is 2.34. The number of nitro benzene ring substituents is 1. The molecule has 1 aliphatic rings. The first kappa shape index (κ1) is 19.5. The number of nitriles is 1. The molecule has 0 spiro atoms. The van der Waals surface area contributed by atoms with E-state index in [-0.39, 0.29) is 24.1 Å². The topological polar surface area (TPSA) is 112 Å². The van der Waals surface area contributed by atoms with E-state index in [9.17, 15) is 20.2 Å².